The van der Waals surface area contributed by atoms with E-state index in [1.807, 2.05) is 0 Å². The Balaban J connectivity index is 3.28. The first-order chi connectivity index (χ1) is 4.16. The van der Waals surface area contributed by atoms with Crippen LogP contribution in [0.5, 0.6) is 0 Å². The summed E-state index contributed by atoms with van der Waals surface area (Å²) in [6.07, 6.45) is 0. The molecule has 0 rings (SSSR count). The zero-order valence-electron chi connectivity index (χ0n) is 5.38. The molecule has 8 heavy (non-hydrogen) atoms. The molecule has 3 nitrogen and oxygen atoms in total. The van der Waals surface area contributed by atoms with E-state index in [0.29, 0.717) is 0 Å². The lowest BCUT2D eigenvalue weighted by Crippen LogP contribution is -2.04. The molecule has 0 heterocycles. The van der Waals surface area contributed by atoms with Crippen molar-refractivity contribution in [3.05, 3.63) is 0 Å². The minimum Gasteiger partial charge on any atom is -0.483 e. The summed E-state index contributed by atoms with van der Waals surface area (Å²) in [6.45, 7) is 1.10. The topological polar surface area (TPSA) is 43.4 Å². The maximum absolute atomic E-state index is 10.1. The molecule has 0 aromatic carbocycles. The summed E-state index contributed by atoms with van der Waals surface area (Å²) in [5, 5.41) is 0. The molecule has 0 aliphatic rings. The molecular formula is C4H6O3P-. The van der Waals surface area contributed by atoms with E-state index >= 15 is 0 Å². The van der Waals surface area contributed by atoms with Gasteiger partial charge in [0.2, 0.25) is 0 Å². The van der Waals surface area contributed by atoms with Gasteiger partial charge in [-0.25, -0.2) is 0 Å². The Morgan fingerprint density at radius 1 is 1.88 bits per heavy atom. The first-order valence-corrected chi connectivity index (χ1v) is 2.43. The lowest BCUT2D eigenvalue weighted by Gasteiger charge is -2.00. The van der Waals surface area contributed by atoms with Crippen molar-refractivity contribution in [2.45, 2.75) is 6.92 Å². The molecule has 0 aliphatic carbocycles. The van der Waals surface area contributed by atoms with Crippen LogP contribution in [-0.2, 0) is 9.53 Å². The van der Waals surface area contributed by atoms with Crippen molar-refractivity contribution >= 4 is 20.7 Å². The van der Waals surface area contributed by atoms with Gasteiger partial charge in [0, 0.05) is 0 Å². The van der Waals surface area contributed by atoms with Crippen LogP contribution >= 0.6 is 9.18 Å². The van der Waals surface area contributed by atoms with Gasteiger partial charge in [0.25, 0.3) is 0 Å². The van der Waals surface area contributed by atoms with Crippen molar-refractivity contribution in [3.63, 3.8) is 0 Å². The zero-order valence-corrected chi connectivity index (χ0v) is 5.27. The van der Waals surface area contributed by atoms with Gasteiger partial charge in [0.1, 0.15) is 12.3 Å². The van der Waals surface area contributed by atoms with E-state index in [0.717, 1.165) is 0 Å². The minimum absolute atomic E-state index is 0.214. The number of rotatable bonds is 3. The van der Waals surface area contributed by atoms with E-state index in [2.05, 4.69) is 4.74 Å². The molecule has 0 aromatic rings. The van der Waals surface area contributed by atoms with Crippen molar-refractivity contribution in [1.82, 2.24) is 0 Å². The lowest BCUT2D eigenvalue weighted by molar-refractivity contribution is -0.119. The van der Waals surface area contributed by atoms with E-state index in [9.17, 15) is 9.59 Å². The van der Waals surface area contributed by atoms with E-state index < -0.39 is 5.71 Å². The molecule has 0 N–H and O–H groups in total. The number of hydrogen-bond donors (Lipinski definition) is 0. The number of carbonyl (C=O) groups excluding carboxylic acids is 2. The van der Waals surface area contributed by atoms with Crippen molar-refractivity contribution in [2.75, 3.05) is 6.61 Å². The van der Waals surface area contributed by atoms with Crippen molar-refractivity contribution < 1.29 is 14.3 Å². The summed E-state index contributed by atoms with van der Waals surface area (Å²) < 4.78 is 10.7. The van der Waals surface area contributed by atoms with Crippen LogP contribution in [0.3, 0.4) is 0 Å². The Kier molecular flexibility index (Phi) is 2.54. The van der Waals surface area contributed by atoms with Gasteiger partial charge >= 0.3 is 0 Å². The van der Waals surface area contributed by atoms with E-state index in [4.69, 9.17) is 1.28 Å². The Morgan fingerprint density at radius 2 is 2.50 bits per heavy atom. The second kappa shape index (κ2) is 3.56. The molecule has 0 fully saturated rings. The van der Waals surface area contributed by atoms with Crippen LogP contribution in [0.25, 0.3) is 0 Å². The fourth-order valence-electron chi connectivity index (χ4n) is 0.163. The molecule has 0 saturated carbocycles. The second-order valence-corrected chi connectivity index (χ2v) is 1.62. The highest BCUT2D eigenvalue weighted by molar-refractivity contribution is 7.39. The average Bonchev–Trinajstić information content (AvgIpc) is 1.83. The van der Waals surface area contributed by atoms with E-state index in [1.54, 1.807) is 0 Å². The number of Topliss-reactive ketones (excluding diaryl/α,β-unsaturated/α-hetero) is 1. The maximum Gasteiger partial charge on any atom is 0.167 e. The third-order valence-electron chi connectivity index (χ3n) is 0.399. The molecule has 0 amide bonds. The average molecular weight is 135 g/mol. The van der Waals surface area contributed by atoms with E-state index in [1.165, 1.54) is 6.92 Å². The smallest absolute Gasteiger partial charge is 0.167 e. The highest BCUT2D eigenvalue weighted by Crippen LogP contribution is 1.89. The predicted octanol–water partition coefficient (Wildman–Crippen LogP) is 0.855. The number of hydrogen-bond acceptors (Lipinski definition) is 3. The largest absolute Gasteiger partial charge is 0.483 e. The molecule has 4 heteroatoms. The number of ether oxygens (including phenoxy) is 1. The third-order valence-corrected chi connectivity index (χ3v) is 0.528. The van der Waals surface area contributed by atoms with Crippen molar-refractivity contribution in [1.29, 1.82) is 1.28 Å². The first kappa shape index (κ1) is 5.70. The Hall–Kier alpha value is -0.430. The fraction of sp³-hybridized carbons (Fsp3) is 0.500. The van der Waals surface area contributed by atoms with Gasteiger partial charge in [-0.15, -0.1) is 0 Å². The summed E-state index contributed by atoms with van der Waals surface area (Å²) in [5.41, 5.74) is -0.690. The highest BCUT2D eigenvalue weighted by atomic mass is 31.0. The highest BCUT2D eigenvalue weighted by Gasteiger charge is 1.89. The SMILES string of the molecule is [3H][P-]C(=O)OCC(C)=O. The first-order valence-electron chi connectivity index (χ1n) is 2.43. The Morgan fingerprint density at radius 3 is 2.88 bits per heavy atom. The summed E-state index contributed by atoms with van der Waals surface area (Å²) >= 11 is 0. The van der Waals surface area contributed by atoms with Gasteiger partial charge in [-0.1, -0.05) is 0 Å². The third kappa shape index (κ3) is 5.57. The van der Waals surface area contributed by atoms with Gasteiger partial charge in [0.05, 0.1) is 0 Å². The summed E-state index contributed by atoms with van der Waals surface area (Å²) in [6, 6.07) is 0. The molecule has 0 saturated heterocycles. The number of carbonyl (C=O) groups is 2. The molecule has 0 radical (unpaired) electrons. The summed E-state index contributed by atoms with van der Waals surface area (Å²) in [5.74, 6) is -0.216. The van der Waals surface area contributed by atoms with Crippen LogP contribution in [0, 0.1) is 0 Å². The van der Waals surface area contributed by atoms with E-state index in [-0.39, 0.29) is 21.6 Å². The van der Waals surface area contributed by atoms with Gasteiger partial charge in [-0.05, 0) is 6.92 Å². The lowest BCUT2D eigenvalue weighted by atomic mass is 10.5. The second-order valence-electron chi connectivity index (χ2n) is 1.26. The summed E-state index contributed by atoms with van der Waals surface area (Å²) in [7, 11) is -0.214. The van der Waals surface area contributed by atoms with Crippen LogP contribution in [0.2, 0.25) is 0 Å². The maximum atomic E-state index is 10.1. The quantitative estimate of drug-likeness (QED) is 0.539. The molecule has 0 aliphatic heterocycles. The molecule has 0 spiro atoms. The zero-order chi connectivity index (χ0) is 7.28. The molecule has 46 valence electrons. The van der Waals surface area contributed by atoms with Crippen LogP contribution in [0.15, 0.2) is 0 Å². The molecular weight excluding hydrogens is 127 g/mol. The standard InChI is InChI=1S/C4H6O3P/c1-3(5)2-7-4(6)8/h8H,2H2,1H3/q-1/i8T. The predicted molar refractivity (Wildman–Crippen MR) is 30.3 cm³/mol. The van der Waals surface area contributed by atoms with Gasteiger partial charge in [-0.3, -0.25) is 9.59 Å². The van der Waals surface area contributed by atoms with Crippen LogP contribution in [0.1, 0.15) is 6.92 Å². The van der Waals surface area contributed by atoms with Crippen molar-refractivity contribution in [2.24, 2.45) is 0 Å². The van der Waals surface area contributed by atoms with Crippen LogP contribution < -0.4 is 0 Å². The van der Waals surface area contributed by atoms with Crippen LogP contribution in [0.4, 0.5) is 4.79 Å². The van der Waals surface area contributed by atoms with Gasteiger partial charge in [0.15, 0.2) is 5.78 Å². The van der Waals surface area contributed by atoms with Gasteiger partial charge < -0.3 is 13.9 Å². The Bertz CT molecular complexity index is 125. The molecule has 0 aromatic heterocycles. The summed E-state index contributed by atoms with van der Waals surface area (Å²) in [4.78, 5) is 20.3. The molecule has 0 bridgehead atoms. The Labute approximate surface area is 50.9 Å². The number of ketones is 1. The molecule has 0 unspecified atom stereocenters. The normalized spacial score (nSPS) is 11.4. The fourth-order valence-corrected chi connectivity index (χ4v) is 0.228. The van der Waals surface area contributed by atoms with Gasteiger partial charge in [-0.2, -0.15) is 1.28 Å². The molecule has 0 atom stereocenters. The van der Waals surface area contributed by atoms with Crippen LogP contribution in [-0.4, -0.2) is 19.4 Å². The van der Waals surface area contributed by atoms with Crippen molar-refractivity contribution in [3.8, 4) is 0 Å². The minimum atomic E-state index is -0.690. The monoisotopic (exact) mass is 135 g/mol.